The Morgan fingerprint density at radius 1 is 1.47 bits per heavy atom. The smallest absolute Gasteiger partial charge is 0.324 e. The molecule has 0 aliphatic carbocycles. The summed E-state index contributed by atoms with van der Waals surface area (Å²) in [5.41, 5.74) is 1.12. The third-order valence-corrected chi connectivity index (χ3v) is 4.86. The van der Waals surface area contributed by atoms with E-state index in [9.17, 15) is 9.90 Å². The molecule has 5 heteroatoms. The van der Waals surface area contributed by atoms with Crippen molar-refractivity contribution in [2.45, 2.75) is 16.2 Å². The molecular formula is C12H13NO3S. The zero-order valence-corrected chi connectivity index (χ0v) is 9.94. The third-order valence-electron chi connectivity index (χ3n) is 3.26. The summed E-state index contributed by atoms with van der Waals surface area (Å²) in [5.74, 6) is -0.259. The first kappa shape index (κ1) is 11.1. The molecule has 0 spiro atoms. The average molecular weight is 251 g/mol. The molecule has 0 amide bonds. The Balaban J connectivity index is 1.88. The van der Waals surface area contributed by atoms with Gasteiger partial charge in [-0.05, 0) is 5.56 Å². The van der Waals surface area contributed by atoms with Gasteiger partial charge >= 0.3 is 5.97 Å². The highest BCUT2D eigenvalue weighted by Gasteiger charge is 2.57. The molecule has 0 radical (unpaired) electrons. The lowest BCUT2D eigenvalue weighted by Crippen LogP contribution is -2.44. The summed E-state index contributed by atoms with van der Waals surface area (Å²) in [6, 6.07) is 9.53. The number of esters is 1. The summed E-state index contributed by atoms with van der Waals surface area (Å²) >= 11 is 1.58. The van der Waals surface area contributed by atoms with Crippen molar-refractivity contribution in [3.63, 3.8) is 0 Å². The Morgan fingerprint density at radius 2 is 2.24 bits per heavy atom. The van der Waals surface area contributed by atoms with Gasteiger partial charge in [0.15, 0.2) is 0 Å². The third kappa shape index (κ3) is 1.66. The predicted molar refractivity (Wildman–Crippen MR) is 64.5 cm³/mol. The summed E-state index contributed by atoms with van der Waals surface area (Å²) in [6.45, 7) is 0.235. The predicted octanol–water partition coefficient (Wildman–Crippen LogP) is 0.678. The fraction of sp³-hybridized carbons (Fsp3) is 0.417. The van der Waals surface area contributed by atoms with Gasteiger partial charge in [0.05, 0.1) is 12.0 Å². The van der Waals surface area contributed by atoms with Crippen molar-refractivity contribution >= 4 is 17.7 Å². The molecule has 90 valence electrons. The molecule has 1 aromatic carbocycles. The van der Waals surface area contributed by atoms with E-state index >= 15 is 0 Å². The van der Waals surface area contributed by atoms with Gasteiger partial charge in [0.1, 0.15) is 17.4 Å². The molecule has 0 bridgehead atoms. The maximum absolute atomic E-state index is 11.6. The van der Waals surface area contributed by atoms with E-state index in [-0.39, 0.29) is 24.6 Å². The first-order valence-electron chi connectivity index (χ1n) is 5.51. The van der Waals surface area contributed by atoms with Crippen molar-refractivity contribution in [3.8, 4) is 0 Å². The second kappa shape index (κ2) is 4.01. The monoisotopic (exact) mass is 251 g/mol. The molecule has 0 aromatic heterocycles. The van der Waals surface area contributed by atoms with Crippen molar-refractivity contribution in [1.82, 2.24) is 5.32 Å². The molecule has 3 rings (SSSR count). The molecule has 2 saturated heterocycles. The number of thioether (sulfide) groups is 1. The largest absolute Gasteiger partial charge is 0.463 e. The van der Waals surface area contributed by atoms with E-state index in [2.05, 4.69) is 5.32 Å². The van der Waals surface area contributed by atoms with Crippen molar-refractivity contribution in [3.05, 3.63) is 35.9 Å². The maximum atomic E-state index is 11.6. The highest BCUT2D eigenvalue weighted by atomic mass is 32.2. The van der Waals surface area contributed by atoms with Crippen LogP contribution in [0.4, 0.5) is 0 Å². The number of fused-ring (bicyclic) bond motifs is 1. The van der Waals surface area contributed by atoms with Gasteiger partial charge < -0.3 is 9.84 Å². The van der Waals surface area contributed by atoms with Crippen LogP contribution in [0.5, 0.6) is 0 Å². The lowest BCUT2D eigenvalue weighted by molar-refractivity contribution is -0.139. The molecule has 2 heterocycles. The summed E-state index contributed by atoms with van der Waals surface area (Å²) < 4.78 is 4.50. The van der Waals surface area contributed by atoms with Gasteiger partial charge in [-0.1, -0.05) is 30.3 Å². The van der Waals surface area contributed by atoms with Crippen molar-refractivity contribution < 1.29 is 14.6 Å². The van der Waals surface area contributed by atoms with Gasteiger partial charge in [-0.25, -0.2) is 0 Å². The van der Waals surface area contributed by atoms with E-state index in [1.807, 2.05) is 30.3 Å². The number of hydrogen-bond donors (Lipinski definition) is 2. The molecule has 3 atom stereocenters. The van der Waals surface area contributed by atoms with Crippen LogP contribution in [0.3, 0.4) is 0 Å². The quantitative estimate of drug-likeness (QED) is 0.757. The molecule has 2 N–H and O–H groups in total. The number of aliphatic hydroxyl groups excluding tert-OH is 1. The van der Waals surface area contributed by atoms with Crippen LogP contribution in [-0.4, -0.2) is 35.1 Å². The Hall–Kier alpha value is -1.04. The number of benzene rings is 1. The molecule has 4 nitrogen and oxygen atoms in total. The SMILES string of the molecule is O=C1OC[C@]2(CO)S[C@H](c3ccccc3)N[C@@H]12. The van der Waals surface area contributed by atoms with Crippen LogP contribution in [0.2, 0.25) is 0 Å². The minimum Gasteiger partial charge on any atom is -0.463 e. The first-order valence-corrected chi connectivity index (χ1v) is 6.39. The topological polar surface area (TPSA) is 58.6 Å². The zero-order chi connectivity index (χ0) is 11.9. The highest BCUT2D eigenvalue weighted by Crippen LogP contribution is 2.48. The number of aliphatic hydroxyl groups is 1. The second-order valence-corrected chi connectivity index (χ2v) is 5.86. The van der Waals surface area contributed by atoms with Crippen LogP contribution < -0.4 is 5.32 Å². The first-order chi connectivity index (χ1) is 8.25. The summed E-state index contributed by atoms with van der Waals surface area (Å²) in [7, 11) is 0. The molecule has 2 aliphatic heterocycles. The van der Waals surface area contributed by atoms with E-state index in [0.717, 1.165) is 5.56 Å². The van der Waals surface area contributed by atoms with Crippen molar-refractivity contribution in [2.75, 3.05) is 13.2 Å². The Kier molecular flexibility index (Phi) is 2.61. The van der Waals surface area contributed by atoms with E-state index < -0.39 is 10.8 Å². The van der Waals surface area contributed by atoms with Gasteiger partial charge in [-0.15, -0.1) is 11.8 Å². The molecule has 1 aromatic rings. The van der Waals surface area contributed by atoms with Crippen molar-refractivity contribution in [1.29, 1.82) is 0 Å². The van der Waals surface area contributed by atoms with Crippen LogP contribution in [0.1, 0.15) is 10.9 Å². The fourth-order valence-electron chi connectivity index (χ4n) is 2.28. The lowest BCUT2D eigenvalue weighted by Gasteiger charge is -2.20. The molecule has 2 aliphatic rings. The molecule has 0 saturated carbocycles. The van der Waals surface area contributed by atoms with Crippen LogP contribution in [0.15, 0.2) is 30.3 Å². The van der Waals surface area contributed by atoms with Crippen molar-refractivity contribution in [2.24, 2.45) is 0 Å². The van der Waals surface area contributed by atoms with E-state index in [1.165, 1.54) is 0 Å². The number of hydrogen-bond acceptors (Lipinski definition) is 5. The van der Waals surface area contributed by atoms with E-state index in [1.54, 1.807) is 11.8 Å². The summed E-state index contributed by atoms with van der Waals surface area (Å²) in [4.78, 5) is 11.6. The molecule has 0 unspecified atom stereocenters. The van der Waals surface area contributed by atoms with E-state index in [4.69, 9.17) is 4.74 Å². The highest BCUT2D eigenvalue weighted by molar-refractivity contribution is 8.01. The second-order valence-electron chi connectivity index (χ2n) is 4.34. The molecule has 2 fully saturated rings. The van der Waals surface area contributed by atoms with E-state index in [0.29, 0.717) is 0 Å². The number of ether oxygens (including phenoxy) is 1. The number of nitrogens with one attached hydrogen (secondary N) is 1. The normalized spacial score (nSPS) is 35.7. The summed E-state index contributed by atoms with van der Waals surface area (Å²) in [6.07, 6.45) is 0. The molecule has 17 heavy (non-hydrogen) atoms. The zero-order valence-electron chi connectivity index (χ0n) is 9.13. The lowest BCUT2D eigenvalue weighted by atomic mass is 10.0. The average Bonchev–Trinajstić information content (AvgIpc) is 2.89. The van der Waals surface area contributed by atoms with Crippen LogP contribution in [-0.2, 0) is 9.53 Å². The van der Waals surface area contributed by atoms with Gasteiger partial charge in [0.2, 0.25) is 0 Å². The Labute approximate surface area is 103 Å². The van der Waals surface area contributed by atoms with Gasteiger partial charge in [0.25, 0.3) is 0 Å². The number of cyclic esters (lactones) is 1. The minimum atomic E-state index is -0.516. The maximum Gasteiger partial charge on any atom is 0.324 e. The fourth-order valence-corrected chi connectivity index (χ4v) is 3.75. The standard InChI is InChI=1S/C12H13NO3S/c14-6-12-7-16-11(15)9(12)13-10(17-12)8-4-2-1-3-5-8/h1-5,9-10,13-14H,6-7H2/t9-,10+,12-/m0/s1. The Bertz CT molecular complexity index is 439. The van der Waals surface area contributed by atoms with Gasteiger partial charge in [-0.3, -0.25) is 10.1 Å². The minimum absolute atomic E-state index is 0.0428. The Morgan fingerprint density at radius 3 is 2.88 bits per heavy atom. The molecular weight excluding hydrogens is 238 g/mol. The summed E-state index contributed by atoms with van der Waals surface area (Å²) in [5, 5.41) is 12.8. The van der Waals surface area contributed by atoms with Crippen LogP contribution >= 0.6 is 11.8 Å². The van der Waals surface area contributed by atoms with Crippen LogP contribution in [0.25, 0.3) is 0 Å². The number of rotatable bonds is 2. The van der Waals surface area contributed by atoms with Gasteiger partial charge in [0, 0.05) is 0 Å². The number of carbonyl (C=O) groups excluding carboxylic acids is 1. The van der Waals surface area contributed by atoms with Crippen LogP contribution in [0, 0.1) is 0 Å². The number of carbonyl (C=O) groups is 1. The van der Waals surface area contributed by atoms with Gasteiger partial charge in [-0.2, -0.15) is 0 Å².